The number of piperidine rings is 1. The van der Waals surface area contributed by atoms with Crippen LogP contribution in [0.1, 0.15) is 12.8 Å². The summed E-state index contributed by atoms with van der Waals surface area (Å²) in [5.74, 6) is -1.36. The molecule has 1 aliphatic heterocycles. The smallest absolute Gasteiger partial charge is 0.327 e. The molecule has 4 N–H and O–H groups in total. The third-order valence-corrected chi connectivity index (χ3v) is 8.68. The van der Waals surface area contributed by atoms with Crippen LogP contribution in [-0.4, -0.2) is 73.0 Å². The molecule has 2 aromatic carbocycles. The second-order valence-electron chi connectivity index (χ2n) is 9.05. The molecule has 0 spiro atoms. The van der Waals surface area contributed by atoms with Crippen molar-refractivity contribution in [3.8, 4) is 0 Å². The average molecular weight is 594 g/mol. The molecule has 1 fully saturated rings. The Morgan fingerprint density at radius 1 is 1.05 bits per heavy atom. The maximum absolute atomic E-state index is 13.5. The second kappa shape index (κ2) is 14.0. The largest absolute Gasteiger partial charge is 0.340 e. The summed E-state index contributed by atoms with van der Waals surface area (Å²) in [7, 11) is -4.14. The number of likely N-dealkylation sites (tertiary alicyclic amines) is 1. The molecule has 0 saturated carbocycles. The van der Waals surface area contributed by atoms with E-state index >= 15 is 0 Å². The van der Waals surface area contributed by atoms with Crippen LogP contribution in [0.2, 0.25) is 0 Å². The minimum absolute atomic E-state index is 0.145. The standard InChI is InChI=1S/C25H30F2N7O4PS/c26-22-6-3-19(17-23(22)27)30-24-7-11-29-25(32-24)31-18-1-4-21(5-2-18)40(36,37)34(14-10-28)20-8-12-33(13-9-20)15-16-38-39-35/h1-7,11,17,20H,8-10,12-16,28H2,(H2,29,30,31,32). The molecule has 3 aromatic rings. The fourth-order valence-corrected chi connectivity index (χ4v) is 6.31. The van der Waals surface area contributed by atoms with Crippen LogP contribution in [0, 0.1) is 11.6 Å². The van der Waals surface area contributed by atoms with Gasteiger partial charge in [0.2, 0.25) is 16.0 Å². The molecule has 0 amide bonds. The minimum atomic E-state index is -3.80. The minimum Gasteiger partial charge on any atom is -0.340 e. The fraction of sp³-hybridized carbons (Fsp3) is 0.360. The summed E-state index contributed by atoms with van der Waals surface area (Å²) in [5.41, 5.74) is 6.65. The van der Waals surface area contributed by atoms with Crippen molar-refractivity contribution in [2.24, 2.45) is 5.73 Å². The summed E-state index contributed by atoms with van der Waals surface area (Å²) < 4.78 is 70.6. The van der Waals surface area contributed by atoms with Gasteiger partial charge in [-0.05, 0) is 68.4 Å². The number of sulfonamides is 1. The number of halogens is 2. The molecule has 4 rings (SSSR count). The normalized spacial score (nSPS) is 15.0. The first-order valence-corrected chi connectivity index (χ1v) is 14.8. The van der Waals surface area contributed by atoms with Crippen molar-refractivity contribution in [2.75, 3.05) is 50.0 Å². The quantitative estimate of drug-likeness (QED) is 0.197. The molecule has 214 valence electrons. The van der Waals surface area contributed by atoms with Gasteiger partial charge in [-0.15, -0.1) is 0 Å². The van der Waals surface area contributed by atoms with E-state index in [9.17, 15) is 21.8 Å². The van der Waals surface area contributed by atoms with Gasteiger partial charge in [0.1, 0.15) is 5.82 Å². The molecule has 0 bridgehead atoms. The summed E-state index contributed by atoms with van der Waals surface area (Å²) in [6.45, 7) is 2.79. The van der Waals surface area contributed by atoms with E-state index in [0.29, 0.717) is 56.3 Å². The molecule has 1 aliphatic rings. The number of nitrogens with one attached hydrogen (secondary N) is 2. The van der Waals surface area contributed by atoms with Crippen molar-refractivity contribution in [2.45, 2.75) is 23.8 Å². The number of anilines is 4. The molecular formula is C25H30F2N7O4PS. The molecule has 40 heavy (non-hydrogen) atoms. The topological polar surface area (TPSA) is 143 Å². The Balaban J connectivity index is 1.40. The number of nitrogens with two attached hydrogens (primary N) is 1. The lowest BCUT2D eigenvalue weighted by molar-refractivity contribution is 0.143. The fourth-order valence-electron chi connectivity index (χ4n) is 4.45. The van der Waals surface area contributed by atoms with Gasteiger partial charge in [0, 0.05) is 49.3 Å². The molecule has 11 nitrogen and oxygen atoms in total. The maximum Gasteiger partial charge on any atom is 0.327 e. The Labute approximate surface area is 233 Å². The number of hydrogen-bond acceptors (Lipinski definition) is 10. The van der Waals surface area contributed by atoms with E-state index in [1.165, 1.54) is 28.7 Å². The zero-order chi connectivity index (χ0) is 28.5. The molecule has 0 atom stereocenters. The van der Waals surface area contributed by atoms with E-state index in [4.69, 9.17) is 10.3 Å². The Morgan fingerprint density at radius 3 is 2.45 bits per heavy atom. The van der Waals surface area contributed by atoms with Gasteiger partial charge in [0.15, 0.2) is 11.6 Å². The van der Waals surface area contributed by atoms with E-state index < -0.39 is 21.7 Å². The van der Waals surface area contributed by atoms with Gasteiger partial charge >= 0.3 is 8.69 Å². The van der Waals surface area contributed by atoms with Gasteiger partial charge in [0.25, 0.3) is 0 Å². The van der Waals surface area contributed by atoms with E-state index in [1.54, 1.807) is 18.2 Å². The number of rotatable bonds is 13. The molecule has 0 aliphatic carbocycles. The first-order chi connectivity index (χ1) is 19.3. The number of benzene rings is 2. The summed E-state index contributed by atoms with van der Waals surface area (Å²) in [5, 5.41) is 5.90. The Hall–Kier alpha value is -3.13. The van der Waals surface area contributed by atoms with Gasteiger partial charge in [-0.1, -0.05) is 0 Å². The molecule has 0 radical (unpaired) electrons. The third kappa shape index (κ3) is 7.74. The first-order valence-electron chi connectivity index (χ1n) is 12.6. The van der Waals surface area contributed by atoms with Gasteiger partial charge in [-0.3, -0.25) is 4.52 Å². The van der Waals surface area contributed by atoms with Gasteiger partial charge < -0.3 is 21.3 Å². The highest BCUT2D eigenvalue weighted by Gasteiger charge is 2.33. The Kier molecular flexibility index (Phi) is 10.4. The predicted octanol–water partition coefficient (Wildman–Crippen LogP) is 3.88. The van der Waals surface area contributed by atoms with Crippen LogP contribution in [0.3, 0.4) is 0 Å². The van der Waals surface area contributed by atoms with Crippen LogP contribution in [0.4, 0.5) is 31.9 Å². The van der Waals surface area contributed by atoms with Crippen LogP contribution in [0.5, 0.6) is 0 Å². The number of aromatic nitrogens is 2. The summed E-state index contributed by atoms with van der Waals surface area (Å²) >= 11 is 0. The molecule has 1 saturated heterocycles. The summed E-state index contributed by atoms with van der Waals surface area (Å²) in [4.78, 5) is 10.8. The monoisotopic (exact) mass is 593 g/mol. The van der Waals surface area contributed by atoms with E-state index in [2.05, 4.69) is 25.5 Å². The second-order valence-corrected chi connectivity index (χ2v) is 11.4. The zero-order valence-corrected chi connectivity index (χ0v) is 23.3. The number of hydrogen-bond donors (Lipinski definition) is 3. The Morgan fingerprint density at radius 2 is 1.77 bits per heavy atom. The summed E-state index contributed by atoms with van der Waals surface area (Å²) in [6, 6.07) is 11.1. The average Bonchev–Trinajstić information content (AvgIpc) is 2.95. The first kappa shape index (κ1) is 29.8. The molecule has 1 aromatic heterocycles. The van der Waals surface area contributed by atoms with E-state index in [-0.39, 0.29) is 38.7 Å². The maximum atomic E-state index is 13.5. The van der Waals surface area contributed by atoms with Crippen molar-refractivity contribution in [3.05, 3.63) is 66.4 Å². The van der Waals surface area contributed by atoms with Crippen LogP contribution < -0.4 is 16.4 Å². The Bertz CT molecular complexity index is 1390. The zero-order valence-electron chi connectivity index (χ0n) is 21.5. The molecule has 2 heterocycles. The van der Waals surface area contributed by atoms with E-state index in [1.807, 2.05) is 0 Å². The lowest BCUT2D eigenvalue weighted by atomic mass is 10.1. The van der Waals surface area contributed by atoms with Crippen molar-refractivity contribution >= 4 is 41.9 Å². The van der Waals surface area contributed by atoms with Crippen LogP contribution in [0.15, 0.2) is 59.6 Å². The van der Waals surface area contributed by atoms with Crippen molar-refractivity contribution < 1.29 is 26.3 Å². The lowest BCUT2D eigenvalue weighted by Crippen LogP contribution is -2.49. The summed E-state index contributed by atoms with van der Waals surface area (Å²) in [6.07, 6.45) is 2.80. The van der Waals surface area contributed by atoms with Gasteiger partial charge in [-0.25, -0.2) is 26.7 Å². The van der Waals surface area contributed by atoms with Crippen LogP contribution >= 0.6 is 8.69 Å². The predicted molar refractivity (Wildman–Crippen MR) is 147 cm³/mol. The van der Waals surface area contributed by atoms with Gasteiger partial charge in [-0.2, -0.15) is 9.29 Å². The van der Waals surface area contributed by atoms with Crippen LogP contribution in [0.25, 0.3) is 0 Å². The van der Waals surface area contributed by atoms with E-state index in [0.717, 1.165) is 12.1 Å². The van der Waals surface area contributed by atoms with Crippen molar-refractivity contribution in [3.63, 3.8) is 0 Å². The van der Waals surface area contributed by atoms with Gasteiger partial charge in [0.05, 0.1) is 11.5 Å². The lowest BCUT2D eigenvalue weighted by Gasteiger charge is -2.37. The molecular weight excluding hydrogens is 563 g/mol. The molecule has 15 heteroatoms. The highest BCUT2D eigenvalue weighted by molar-refractivity contribution is 7.89. The number of nitrogens with zero attached hydrogens (tertiary/aromatic N) is 4. The third-order valence-electron chi connectivity index (χ3n) is 6.43. The highest BCUT2D eigenvalue weighted by atomic mass is 32.2. The molecule has 0 unspecified atom stereocenters. The van der Waals surface area contributed by atoms with Crippen molar-refractivity contribution in [1.82, 2.24) is 19.2 Å². The van der Waals surface area contributed by atoms with Crippen LogP contribution in [-0.2, 0) is 19.1 Å². The highest BCUT2D eigenvalue weighted by Crippen LogP contribution is 2.26. The SMILES string of the molecule is NCCN(C1CCN(CCOP=O)CC1)S(=O)(=O)c1ccc(Nc2nccc(Nc3ccc(F)c(F)c3)n2)cc1. The van der Waals surface area contributed by atoms with Crippen molar-refractivity contribution in [1.29, 1.82) is 0 Å².